The van der Waals surface area contributed by atoms with E-state index in [-0.39, 0.29) is 17.3 Å². The van der Waals surface area contributed by atoms with Gasteiger partial charge >= 0.3 is 12.1 Å². The molecular formula is C35H31N5O5S. The second-order valence-corrected chi connectivity index (χ2v) is 12.2. The van der Waals surface area contributed by atoms with Gasteiger partial charge in [0.2, 0.25) is 0 Å². The third-order valence-corrected chi connectivity index (χ3v) is 7.90. The zero-order valence-electron chi connectivity index (χ0n) is 24.8. The van der Waals surface area contributed by atoms with Crippen LogP contribution in [0.1, 0.15) is 11.1 Å². The number of hydrogen-bond donors (Lipinski definition) is 3. The number of rotatable bonds is 9. The third kappa shape index (κ3) is 8.36. The summed E-state index contributed by atoms with van der Waals surface area (Å²) < 4.78 is 29.8. The van der Waals surface area contributed by atoms with Gasteiger partial charge in [0.05, 0.1) is 17.1 Å². The summed E-state index contributed by atoms with van der Waals surface area (Å²) in [5.74, 6) is 0.288. The molecule has 232 valence electrons. The molecular weight excluding hydrogens is 602 g/mol. The molecule has 0 aromatic heterocycles. The van der Waals surface area contributed by atoms with Gasteiger partial charge in [0, 0.05) is 23.1 Å². The fourth-order valence-electron chi connectivity index (χ4n) is 4.56. The van der Waals surface area contributed by atoms with Gasteiger partial charge in [-0.2, -0.15) is 4.99 Å². The van der Waals surface area contributed by atoms with Gasteiger partial charge in [-0.05, 0) is 53.6 Å². The Kier molecular flexibility index (Phi) is 9.74. The van der Waals surface area contributed by atoms with E-state index in [1.807, 2.05) is 30.3 Å². The van der Waals surface area contributed by atoms with Crippen LogP contribution >= 0.6 is 0 Å². The Morgan fingerprint density at radius 3 is 2.13 bits per heavy atom. The lowest BCUT2D eigenvalue weighted by molar-refractivity contribution is 0.211. The molecule has 0 radical (unpaired) electrons. The summed E-state index contributed by atoms with van der Waals surface area (Å²) in [6, 6.07) is 38.0. The molecule has 0 bridgehead atoms. The fourth-order valence-corrected chi connectivity index (χ4v) is 5.47. The second-order valence-electron chi connectivity index (χ2n) is 10.2. The molecule has 5 rings (SSSR count). The number of nitrogens with zero attached hydrogens (tertiary/aromatic N) is 2. The standard InChI is InChI=1S/C35H31N5O5S/c1-46(43,44)32-18-9-8-17-31(32)26-19-21-28(22-20-26)37-34(41)40(24-25-11-4-2-5-12-25)39-29-14-10-13-27(23-29)33(36)38-35(42)45-30-15-6-3-7-16-30/h2-23,39H,24H2,1H3,(H,37,41)(H2,36,38,42). The van der Waals surface area contributed by atoms with E-state index in [0.717, 1.165) is 5.56 Å². The molecule has 3 amide bonds. The van der Waals surface area contributed by atoms with Gasteiger partial charge in [-0.25, -0.2) is 23.0 Å². The van der Waals surface area contributed by atoms with Gasteiger partial charge in [0.1, 0.15) is 11.6 Å². The summed E-state index contributed by atoms with van der Waals surface area (Å²) in [4.78, 5) is 29.9. The Balaban J connectivity index is 1.33. The zero-order valence-corrected chi connectivity index (χ0v) is 25.6. The van der Waals surface area contributed by atoms with E-state index in [2.05, 4.69) is 15.7 Å². The number of aliphatic imine (C=N–C) groups is 1. The summed E-state index contributed by atoms with van der Waals surface area (Å²) >= 11 is 0. The SMILES string of the molecule is CS(=O)(=O)c1ccccc1-c1ccc(NC(=O)N(Cc2ccccc2)Nc2cccc(C(N)=NC(=O)Oc3ccccc3)c2)cc1. The predicted octanol–water partition coefficient (Wildman–Crippen LogP) is 6.72. The normalized spacial score (nSPS) is 11.4. The highest BCUT2D eigenvalue weighted by Crippen LogP contribution is 2.28. The van der Waals surface area contributed by atoms with E-state index < -0.39 is 22.0 Å². The van der Waals surface area contributed by atoms with Crippen LogP contribution in [0.3, 0.4) is 0 Å². The van der Waals surface area contributed by atoms with Gasteiger partial charge < -0.3 is 15.8 Å². The van der Waals surface area contributed by atoms with Crippen molar-refractivity contribution >= 4 is 39.2 Å². The van der Waals surface area contributed by atoms with Crippen LogP contribution in [0.5, 0.6) is 5.75 Å². The van der Waals surface area contributed by atoms with E-state index >= 15 is 0 Å². The van der Waals surface area contributed by atoms with Crippen molar-refractivity contribution in [3.63, 3.8) is 0 Å². The van der Waals surface area contributed by atoms with E-state index in [0.29, 0.717) is 33.8 Å². The average Bonchev–Trinajstić information content (AvgIpc) is 3.05. The molecule has 46 heavy (non-hydrogen) atoms. The van der Waals surface area contributed by atoms with Crippen molar-refractivity contribution in [3.8, 4) is 16.9 Å². The van der Waals surface area contributed by atoms with Crippen molar-refractivity contribution < 1.29 is 22.7 Å². The summed E-state index contributed by atoms with van der Waals surface area (Å²) in [5.41, 5.74) is 12.9. The van der Waals surface area contributed by atoms with Crippen LogP contribution in [0.4, 0.5) is 21.0 Å². The number of urea groups is 1. The van der Waals surface area contributed by atoms with Gasteiger partial charge in [0.25, 0.3) is 0 Å². The first-order valence-electron chi connectivity index (χ1n) is 14.2. The number of hydrogen-bond acceptors (Lipinski definition) is 6. The molecule has 0 atom stereocenters. The summed E-state index contributed by atoms with van der Waals surface area (Å²) in [7, 11) is -3.43. The third-order valence-electron chi connectivity index (χ3n) is 6.74. The highest BCUT2D eigenvalue weighted by atomic mass is 32.2. The number of benzene rings is 5. The van der Waals surface area contributed by atoms with E-state index in [1.165, 1.54) is 11.3 Å². The van der Waals surface area contributed by atoms with Crippen molar-refractivity contribution in [3.05, 3.63) is 145 Å². The second kappa shape index (κ2) is 14.2. The summed E-state index contributed by atoms with van der Waals surface area (Å²) in [6.45, 7) is 0.212. The molecule has 0 aliphatic heterocycles. The Morgan fingerprint density at radius 2 is 1.43 bits per heavy atom. The Bertz CT molecular complexity index is 1970. The monoisotopic (exact) mass is 633 g/mol. The van der Waals surface area contributed by atoms with Crippen LogP contribution in [0.25, 0.3) is 11.1 Å². The van der Waals surface area contributed by atoms with Crippen molar-refractivity contribution in [1.29, 1.82) is 0 Å². The van der Waals surface area contributed by atoms with E-state index in [9.17, 15) is 18.0 Å². The lowest BCUT2D eigenvalue weighted by Crippen LogP contribution is -2.39. The lowest BCUT2D eigenvalue weighted by Gasteiger charge is -2.25. The van der Waals surface area contributed by atoms with Gasteiger partial charge in [0.15, 0.2) is 9.84 Å². The molecule has 0 unspecified atom stereocenters. The average molecular weight is 634 g/mol. The van der Waals surface area contributed by atoms with Gasteiger partial charge in [-0.3, -0.25) is 5.43 Å². The van der Waals surface area contributed by atoms with Crippen LogP contribution < -0.4 is 21.2 Å². The Morgan fingerprint density at radius 1 is 0.783 bits per heavy atom. The molecule has 4 N–H and O–H groups in total. The number of anilines is 2. The van der Waals surface area contributed by atoms with Gasteiger partial charge in [-0.1, -0.05) is 91.0 Å². The number of ether oxygens (including phenoxy) is 1. The fraction of sp³-hybridized carbons (Fsp3) is 0.0571. The molecule has 0 aliphatic carbocycles. The maximum absolute atomic E-state index is 13.6. The number of amidine groups is 1. The van der Waals surface area contributed by atoms with Crippen LogP contribution in [-0.2, 0) is 16.4 Å². The molecule has 0 saturated carbocycles. The van der Waals surface area contributed by atoms with Crippen LogP contribution in [0.15, 0.2) is 143 Å². The minimum absolute atomic E-state index is 0.0545. The smallest absolute Gasteiger partial charge is 0.409 e. The molecule has 5 aromatic carbocycles. The number of carbonyl (C=O) groups excluding carboxylic acids is 2. The minimum Gasteiger partial charge on any atom is -0.409 e. The summed E-state index contributed by atoms with van der Waals surface area (Å²) in [6.07, 6.45) is 0.309. The van der Waals surface area contributed by atoms with E-state index in [4.69, 9.17) is 10.5 Å². The zero-order chi connectivity index (χ0) is 32.5. The minimum atomic E-state index is -3.43. The Hall–Kier alpha value is -5.94. The highest BCUT2D eigenvalue weighted by molar-refractivity contribution is 7.90. The van der Waals surface area contributed by atoms with E-state index in [1.54, 1.807) is 103 Å². The predicted molar refractivity (Wildman–Crippen MR) is 179 cm³/mol. The van der Waals surface area contributed by atoms with Crippen molar-refractivity contribution in [2.24, 2.45) is 10.7 Å². The molecule has 0 aliphatic rings. The molecule has 0 spiro atoms. The molecule has 10 nitrogen and oxygen atoms in total. The largest absolute Gasteiger partial charge is 0.441 e. The number of sulfone groups is 1. The molecule has 0 saturated heterocycles. The topological polar surface area (TPSA) is 143 Å². The molecule has 0 heterocycles. The maximum atomic E-state index is 13.6. The van der Waals surface area contributed by atoms with Gasteiger partial charge in [-0.15, -0.1) is 0 Å². The summed E-state index contributed by atoms with van der Waals surface area (Å²) in [5, 5.41) is 4.29. The highest BCUT2D eigenvalue weighted by Gasteiger charge is 2.17. The number of nitrogens with two attached hydrogens (primary N) is 1. The van der Waals surface area contributed by atoms with Crippen molar-refractivity contribution in [1.82, 2.24) is 5.01 Å². The number of hydrazine groups is 1. The lowest BCUT2D eigenvalue weighted by atomic mass is 10.1. The first kappa shape index (κ1) is 31.5. The van der Waals surface area contributed by atoms with Crippen LogP contribution in [0.2, 0.25) is 0 Å². The number of amides is 3. The number of nitrogens with one attached hydrogen (secondary N) is 2. The van der Waals surface area contributed by atoms with Crippen LogP contribution in [-0.4, -0.2) is 37.6 Å². The number of carbonyl (C=O) groups is 2. The Labute approximate surface area is 267 Å². The first-order valence-corrected chi connectivity index (χ1v) is 16.0. The van der Waals surface area contributed by atoms with Crippen LogP contribution in [0, 0.1) is 0 Å². The maximum Gasteiger partial charge on any atom is 0.441 e. The first-order chi connectivity index (χ1) is 22.2. The quantitative estimate of drug-likeness (QED) is 0.0929. The molecule has 0 fully saturated rings. The molecule has 5 aromatic rings. The van der Waals surface area contributed by atoms with Crippen molar-refractivity contribution in [2.45, 2.75) is 11.4 Å². The number of para-hydroxylation sites is 1. The molecule has 11 heteroatoms. The van der Waals surface area contributed by atoms with Crippen molar-refractivity contribution in [2.75, 3.05) is 17.0 Å².